The molecule has 112 valence electrons. The number of benzene rings is 1. The quantitative estimate of drug-likeness (QED) is 0.893. The zero-order chi connectivity index (χ0) is 14.8. The van der Waals surface area contributed by atoms with Crippen molar-refractivity contribution in [2.24, 2.45) is 11.8 Å². The van der Waals surface area contributed by atoms with Gasteiger partial charge in [-0.3, -0.25) is 9.59 Å². The van der Waals surface area contributed by atoms with Gasteiger partial charge in [0, 0.05) is 12.5 Å². The van der Waals surface area contributed by atoms with Gasteiger partial charge in [-0.05, 0) is 30.4 Å². The molecule has 3 atom stereocenters. The lowest BCUT2D eigenvalue weighted by molar-refractivity contribution is -0.148. The van der Waals surface area contributed by atoms with Gasteiger partial charge in [-0.1, -0.05) is 37.1 Å². The van der Waals surface area contributed by atoms with E-state index in [0.717, 1.165) is 19.3 Å². The zero-order valence-corrected chi connectivity index (χ0v) is 12.0. The smallest absolute Gasteiger partial charge is 0.307 e. The van der Waals surface area contributed by atoms with Crippen LogP contribution in [0.1, 0.15) is 42.7 Å². The Balaban J connectivity index is 1.56. The lowest BCUT2D eigenvalue weighted by Gasteiger charge is -2.32. The highest BCUT2D eigenvalue weighted by Gasteiger charge is 2.36. The SMILES string of the molecule is O=C(O)C1CCCCC1C(=O)NCC1Cc2ccccc21. The number of rotatable bonds is 4. The van der Waals surface area contributed by atoms with Crippen molar-refractivity contribution < 1.29 is 14.7 Å². The summed E-state index contributed by atoms with van der Waals surface area (Å²) in [4.78, 5) is 23.6. The number of amides is 1. The van der Waals surface area contributed by atoms with Gasteiger partial charge in [-0.2, -0.15) is 0 Å². The van der Waals surface area contributed by atoms with E-state index in [1.54, 1.807) is 0 Å². The fourth-order valence-electron chi connectivity index (χ4n) is 3.64. The molecular formula is C17H21NO3. The third-order valence-corrected chi connectivity index (χ3v) is 4.90. The highest BCUT2D eigenvalue weighted by atomic mass is 16.4. The maximum absolute atomic E-state index is 12.3. The van der Waals surface area contributed by atoms with Crippen molar-refractivity contribution in [2.75, 3.05) is 6.54 Å². The minimum absolute atomic E-state index is 0.0773. The molecule has 4 nitrogen and oxygen atoms in total. The molecule has 0 bridgehead atoms. The Bertz CT molecular complexity index is 555. The van der Waals surface area contributed by atoms with Crippen LogP contribution < -0.4 is 5.32 Å². The van der Waals surface area contributed by atoms with Gasteiger partial charge in [0.2, 0.25) is 5.91 Å². The molecule has 1 aromatic rings. The fraction of sp³-hybridized carbons (Fsp3) is 0.529. The summed E-state index contributed by atoms with van der Waals surface area (Å²) in [6, 6.07) is 8.28. The van der Waals surface area contributed by atoms with Crippen molar-refractivity contribution in [1.82, 2.24) is 5.32 Å². The van der Waals surface area contributed by atoms with Gasteiger partial charge in [0.05, 0.1) is 11.8 Å². The molecule has 3 unspecified atom stereocenters. The Hall–Kier alpha value is -1.84. The summed E-state index contributed by atoms with van der Waals surface area (Å²) in [5.74, 6) is -1.38. The number of carboxylic acids is 1. The second kappa shape index (κ2) is 5.88. The molecule has 0 spiro atoms. The summed E-state index contributed by atoms with van der Waals surface area (Å²) in [6.45, 7) is 0.624. The standard InChI is InChI=1S/C17H21NO3/c19-16(14-7-3-4-8-15(14)17(20)21)18-10-12-9-11-5-1-2-6-13(11)12/h1-2,5-6,12,14-15H,3-4,7-10H2,(H,18,19)(H,20,21). The van der Waals surface area contributed by atoms with Crippen molar-refractivity contribution >= 4 is 11.9 Å². The predicted molar refractivity (Wildman–Crippen MR) is 79.0 cm³/mol. The molecule has 0 aliphatic heterocycles. The Labute approximate surface area is 124 Å². The van der Waals surface area contributed by atoms with Crippen LogP contribution >= 0.6 is 0 Å². The molecule has 2 N–H and O–H groups in total. The first kappa shape index (κ1) is 14.1. The van der Waals surface area contributed by atoms with Crippen molar-refractivity contribution in [3.05, 3.63) is 35.4 Å². The highest BCUT2D eigenvalue weighted by Crippen LogP contribution is 2.35. The van der Waals surface area contributed by atoms with Crippen molar-refractivity contribution in [3.8, 4) is 0 Å². The summed E-state index contributed by atoms with van der Waals surface area (Å²) in [5, 5.41) is 12.2. The van der Waals surface area contributed by atoms with Gasteiger partial charge in [-0.25, -0.2) is 0 Å². The van der Waals surface area contributed by atoms with Crippen molar-refractivity contribution in [3.63, 3.8) is 0 Å². The molecule has 3 rings (SSSR count). The van der Waals surface area contributed by atoms with E-state index in [9.17, 15) is 14.7 Å². The fourth-order valence-corrected chi connectivity index (χ4v) is 3.64. The Morgan fingerprint density at radius 1 is 1.14 bits per heavy atom. The summed E-state index contributed by atoms with van der Waals surface area (Å²) in [5.41, 5.74) is 2.68. The van der Waals surface area contributed by atoms with E-state index >= 15 is 0 Å². The van der Waals surface area contributed by atoms with Crippen LogP contribution in [-0.4, -0.2) is 23.5 Å². The molecule has 0 saturated heterocycles. The van der Waals surface area contributed by atoms with E-state index in [1.807, 2.05) is 12.1 Å². The zero-order valence-electron chi connectivity index (χ0n) is 12.0. The van der Waals surface area contributed by atoms with E-state index in [-0.39, 0.29) is 11.8 Å². The van der Waals surface area contributed by atoms with E-state index < -0.39 is 11.9 Å². The van der Waals surface area contributed by atoms with Crippen LogP contribution in [0, 0.1) is 11.8 Å². The second-order valence-corrected chi connectivity index (χ2v) is 6.18. The average Bonchev–Trinajstić information content (AvgIpc) is 2.48. The number of carboxylic acid groups (broad SMARTS) is 1. The lowest BCUT2D eigenvalue weighted by atomic mass is 9.76. The number of aliphatic carboxylic acids is 1. The molecule has 2 aliphatic rings. The molecule has 1 aromatic carbocycles. The van der Waals surface area contributed by atoms with Gasteiger partial charge < -0.3 is 10.4 Å². The van der Waals surface area contributed by atoms with Gasteiger partial charge in [-0.15, -0.1) is 0 Å². The maximum Gasteiger partial charge on any atom is 0.307 e. The first-order valence-corrected chi connectivity index (χ1v) is 7.75. The number of carbonyl (C=O) groups excluding carboxylic acids is 1. The third kappa shape index (κ3) is 2.80. The molecular weight excluding hydrogens is 266 g/mol. The second-order valence-electron chi connectivity index (χ2n) is 6.18. The van der Waals surface area contributed by atoms with E-state index in [0.29, 0.717) is 25.3 Å². The van der Waals surface area contributed by atoms with Crippen LogP contribution in [0.2, 0.25) is 0 Å². The van der Waals surface area contributed by atoms with Crippen LogP contribution in [0.15, 0.2) is 24.3 Å². The van der Waals surface area contributed by atoms with E-state index in [4.69, 9.17) is 0 Å². The van der Waals surface area contributed by atoms with Gasteiger partial charge in [0.25, 0.3) is 0 Å². The average molecular weight is 287 g/mol. The van der Waals surface area contributed by atoms with Crippen molar-refractivity contribution in [1.29, 1.82) is 0 Å². The summed E-state index contributed by atoms with van der Waals surface area (Å²) in [6.07, 6.45) is 4.19. The van der Waals surface area contributed by atoms with Crippen LogP contribution in [0.4, 0.5) is 0 Å². The van der Waals surface area contributed by atoms with E-state index in [2.05, 4.69) is 17.4 Å². The molecule has 1 amide bonds. The first-order valence-electron chi connectivity index (χ1n) is 7.75. The van der Waals surface area contributed by atoms with Crippen LogP contribution in [0.3, 0.4) is 0 Å². The van der Waals surface area contributed by atoms with E-state index in [1.165, 1.54) is 11.1 Å². The number of hydrogen-bond acceptors (Lipinski definition) is 2. The molecule has 1 saturated carbocycles. The number of carbonyl (C=O) groups is 2. The van der Waals surface area contributed by atoms with Crippen LogP contribution in [-0.2, 0) is 16.0 Å². The van der Waals surface area contributed by atoms with Crippen LogP contribution in [0.25, 0.3) is 0 Å². The van der Waals surface area contributed by atoms with Gasteiger partial charge in [0.1, 0.15) is 0 Å². The molecule has 0 radical (unpaired) electrons. The largest absolute Gasteiger partial charge is 0.481 e. The first-order chi connectivity index (χ1) is 10.2. The monoisotopic (exact) mass is 287 g/mol. The highest BCUT2D eigenvalue weighted by molar-refractivity contribution is 5.85. The number of fused-ring (bicyclic) bond motifs is 1. The molecule has 4 heteroatoms. The number of hydrogen-bond donors (Lipinski definition) is 2. The minimum Gasteiger partial charge on any atom is -0.481 e. The number of nitrogens with one attached hydrogen (secondary N) is 1. The topological polar surface area (TPSA) is 66.4 Å². The Morgan fingerprint density at radius 2 is 1.86 bits per heavy atom. The predicted octanol–water partition coefficient (Wildman–Crippen LogP) is 2.33. The van der Waals surface area contributed by atoms with Crippen molar-refractivity contribution in [2.45, 2.75) is 38.0 Å². The summed E-state index contributed by atoms with van der Waals surface area (Å²) < 4.78 is 0. The molecule has 0 aromatic heterocycles. The summed E-state index contributed by atoms with van der Waals surface area (Å²) >= 11 is 0. The van der Waals surface area contributed by atoms with Gasteiger partial charge >= 0.3 is 5.97 Å². The Kier molecular flexibility index (Phi) is 3.95. The summed E-state index contributed by atoms with van der Waals surface area (Å²) in [7, 11) is 0. The van der Waals surface area contributed by atoms with Crippen LogP contribution in [0.5, 0.6) is 0 Å². The molecule has 21 heavy (non-hydrogen) atoms. The lowest BCUT2D eigenvalue weighted by Crippen LogP contribution is -2.42. The molecule has 2 aliphatic carbocycles. The maximum atomic E-state index is 12.3. The molecule has 1 fully saturated rings. The Morgan fingerprint density at radius 3 is 2.57 bits per heavy atom. The minimum atomic E-state index is -0.830. The molecule has 0 heterocycles. The van der Waals surface area contributed by atoms with Gasteiger partial charge in [0.15, 0.2) is 0 Å². The third-order valence-electron chi connectivity index (χ3n) is 4.90. The normalized spacial score (nSPS) is 27.3.